The third kappa shape index (κ3) is 3.54. The molecule has 96 valence electrons. The first-order valence-corrected chi connectivity index (χ1v) is 7.57. The monoisotopic (exact) mass is 325 g/mol. The van der Waals surface area contributed by atoms with Crippen molar-refractivity contribution in [1.29, 1.82) is 0 Å². The van der Waals surface area contributed by atoms with Crippen LogP contribution in [0.5, 0.6) is 0 Å². The van der Waals surface area contributed by atoms with Crippen molar-refractivity contribution in [3.63, 3.8) is 0 Å². The lowest BCUT2D eigenvalue weighted by molar-refractivity contribution is 0.587. The highest BCUT2D eigenvalue weighted by molar-refractivity contribution is 9.10. The highest BCUT2D eigenvalue weighted by Gasteiger charge is 2.08. The molecule has 1 unspecified atom stereocenters. The maximum absolute atomic E-state index is 4.58. The summed E-state index contributed by atoms with van der Waals surface area (Å²) in [5.74, 6) is 0. The molecule has 0 amide bonds. The van der Waals surface area contributed by atoms with Crippen molar-refractivity contribution >= 4 is 38.1 Å². The Balaban J connectivity index is 2.04. The number of thiazole rings is 1. The molecule has 0 aliphatic carbocycles. The average Bonchev–Trinajstić information content (AvgIpc) is 2.81. The molecule has 1 aromatic heterocycles. The van der Waals surface area contributed by atoms with Gasteiger partial charge in [0.2, 0.25) is 0 Å². The molecule has 0 saturated heterocycles. The average molecular weight is 326 g/mol. The molecule has 0 aliphatic heterocycles. The van der Waals surface area contributed by atoms with Gasteiger partial charge in [-0.25, -0.2) is 4.98 Å². The van der Waals surface area contributed by atoms with E-state index in [9.17, 15) is 0 Å². The Kier molecular flexibility index (Phi) is 4.74. The zero-order chi connectivity index (χ0) is 13.0. The van der Waals surface area contributed by atoms with Crippen molar-refractivity contribution in [2.24, 2.45) is 0 Å². The van der Waals surface area contributed by atoms with Crippen LogP contribution in [0.3, 0.4) is 0 Å². The summed E-state index contributed by atoms with van der Waals surface area (Å²) in [6, 6.07) is 8.38. The highest BCUT2D eigenvalue weighted by Crippen LogP contribution is 2.24. The van der Waals surface area contributed by atoms with E-state index in [0.717, 1.165) is 27.5 Å². The van der Waals surface area contributed by atoms with Crippen LogP contribution in [0.4, 0.5) is 10.8 Å². The molecule has 0 saturated carbocycles. The summed E-state index contributed by atoms with van der Waals surface area (Å²) in [6.07, 6.45) is 0. The number of aromatic nitrogens is 1. The van der Waals surface area contributed by atoms with Crippen molar-refractivity contribution in [3.05, 3.63) is 39.8 Å². The number of halogens is 1. The van der Waals surface area contributed by atoms with E-state index in [1.807, 2.05) is 24.3 Å². The third-order valence-electron chi connectivity index (χ3n) is 2.57. The number of nitrogens with zero attached hydrogens (tertiary/aromatic N) is 1. The Morgan fingerprint density at radius 2 is 2.06 bits per heavy atom. The van der Waals surface area contributed by atoms with Crippen molar-refractivity contribution in [2.45, 2.75) is 19.9 Å². The van der Waals surface area contributed by atoms with E-state index in [4.69, 9.17) is 0 Å². The van der Waals surface area contributed by atoms with Crippen molar-refractivity contribution in [3.8, 4) is 0 Å². The summed E-state index contributed by atoms with van der Waals surface area (Å²) in [7, 11) is 0. The van der Waals surface area contributed by atoms with Crippen molar-refractivity contribution < 1.29 is 0 Å². The second-order valence-electron chi connectivity index (χ2n) is 3.99. The molecule has 0 bridgehead atoms. The van der Waals surface area contributed by atoms with Crippen LogP contribution in [-0.2, 0) is 0 Å². The van der Waals surface area contributed by atoms with E-state index in [1.54, 1.807) is 11.3 Å². The molecule has 2 rings (SSSR count). The van der Waals surface area contributed by atoms with Crippen LogP contribution < -0.4 is 10.6 Å². The summed E-state index contributed by atoms with van der Waals surface area (Å²) in [5.41, 5.74) is 2.14. The van der Waals surface area contributed by atoms with E-state index < -0.39 is 0 Å². The lowest BCUT2D eigenvalue weighted by atomic mass is 10.3. The largest absolute Gasteiger partial charge is 0.332 e. The highest BCUT2D eigenvalue weighted by atomic mass is 79.9. The molecular weight excluding hydrogens is 310 g/mol. The number of benzene rings is 1. The Morgan fingerprint density at radius 1 is 1.33 bits per heavy atom. The third-order valence-corrected chi connectivity index (χ3v) is 3.88. The molecule has 0 spiro atoms. The van der Waals surface area contributed by atoms with Gasteiger partial charge < -0.3 is 10.6 Å². The minimum atomic E-state index is 0.298. The van der Waals surface area contributed by atoms with E-state index in [1.165, 1.54) is 0 Å². The second-order valence-corrected chi connectivity index (χ2v) is 5.76. The first kappa shape index (κ1) is 13.5. The minimum absolute atomic E-state index is 0.298. The molecule has 5 heteroatoms. The van der Waals surface area contributed by atoms with Gasteiger partial charge in [-0.05, 0) is 37.7 Å². The van der Waals surface area contributed by atoms with Gasteiger partial charge >= 0.3 is 0 Å². The fourth-order valence-corrected chi connectivity index (χ4v) is 2.70. The Labute approximate surface area is 120 Å². The number of nitrogens with one attached hydrogen (secondary N) is 2. The van der Waals surface area contributed by atoms with E-state index in [-0.39, 0.29) is 0 Å². The summed E-state index contributed by atoms with van der Waals surface area (Å²) in [4.78, 5) is 4.58. The molecule has 1 aromatic carbocycles. The smallest absolute Gasteiger partial charge is 0.187 e. The van der Waals surface area contributed by atoms with E-state index in [2.05, 4.69) is 50.8 Å². The standard InChI is InChI=1S/C13H16BrN3S/c1-3-15-9(2)12-8-18-13(17-12)16-11-6-4-10(14)5-7-11/h4-9,15H,3H2,1-2H3,(H,16,17). The van der Waals surface area contributed by atoms with Crippen molar-refractivity contribution in [2.75, 3.05) is 11.9 Å². The molecule has 2 aromatic rings. The molecule has 0 fully saturated rings. The van der Waals surface area contributed by atoms with Gasteiger partial charge in [0, 0.05) is 21.6 Å². The van der Waals surface area contributed by atoms with Gasteiger partial charge in [0.1, 0.15) is 0 Å². The molecule has 2 N–H and O–H groups in total. The zero-order valence-electron chi connectivity index (χ0n) is 10.4. The summed E-state index contributed by atoms with van der Waals surface area (Å²) in [6.45, 7) is 5.18. The van der Waals surface area contributed by atoms with Crippen LogP contribution in [0.15, 0.2) is 34.1 Å². The van der Waals surface area contributed by atoms with Gasteiger partial charge in [-0.3, -0.25) is 0 Å². The number of hydrogen-bond acceptors (Lipinski definition) is 4. The zero-order valence-corrected chi connectivity index (χ0v) is 12.8. The first-order valence-electron chi connectivity index (χ1n) is 5.90. The maximum Gasteiger partial charge on any atom is 0.187 e. The quantitative estimate of drug-likeness (QED) is 0.859. The Morgan fingerprint density at radius 3 is 2.72 bits per heavy atom. The van der Waals surface area contributed by atoms with Crippen LogP contribution >= 0.6 is 27.3 Å². The molecule has 1 atom stereocenters. The molecule has 1 heterocycles. The van der Waals surface area contributed by atoms with Crippen LogP contribution in [-0.4, -0.2) is 11.5 Å². The lowest BCUT2D eigenvalue weighted by Gasteiger charge is -2.08. The predicted molar refractivity (Wildman–Crippen MR) is 81.6 cm³/mol. The number of anilines is 2. The lowest BCUT2D eigenvalue weighted by Crippen LogP contribution is -2.17. The molecule has 0 radical (unpaired) electrons. The second kappa shape index (κ2) is 6.31. The predicted octanol–water partition coefficient (Wildman–Crippen LogP) is 4.32. The Bertz CT molecular complexity index is 495. The molecule has 3 nitrogen and oxygen atoms in total. The normalized spacial score (nSPS) is 12.4. The first-order chi connectivity index (χ1) is 8.69. The van der Waals surface area contributed by atoms with Gasteiger partial charge in [0.25, 0.3) is 0 Å². The summed E-state index contributed by atoms with van der Waals surface area (Å²) >= 11 is 5.05. The van der Waals surface area contributed by atoms with E-state index in [0.29, 0.717) is 6.04 Å². The fourth-order valence-electron chi connectivity index (χ4n) is 1.61. The van der Waals surface area contributed by atoms with Gasteiger partial charge in [-0.2, -0.15) is 0 Å². The minimum Gasteiger partial charge on any atom is -0.332 e. The van der Waals surface area contributed by atoms with Crippen LogP contribution in [0.25, 0.3) is 0 Å². The Hall–Kier alpha value is -0.910. The van der Waals surface area contributed by atoms with Crippen LogP contribution in [0, 0.1) is 0 Å². The summed E-state index contributed by atoms with van der Waals surface area (Å²) < 4.78 is 1.08. The number of rotatable bonds is 5. The van der Waals surface area contributed by atoms with Gasteiger partial charge in [-0.1, -0.05) is 22.9 Å². The number of hydrogen-bond donors (Lipinski definition) is 2. The topological polar surface area (TPSA) is 37.0 Å². The molecule has 0 aliphatic rings. The SMILES string of the molecule is CCNC(C)c1csc(Nc2ccc(Br)cc2)n1. The molecule has 18 heavy (non-hydrogen) atoms. The van der Waals surface area contributed by atoms with Crippen LogP contribution in [0.2, 0.25) is 0 Å². The van der Waals surface area contributed by atoms with Gasteiger partial charge in [-0.15, -0.1) is 11.3 Å². The van der Waals surface area contributed by atoms with Gasteiger partial charge in [0.15, 0.2) is 5.13 Å². The summed E-state index contributed by atoms with van der Waals surface area (Å²) in [5, 5.41) is 9.68. The fraction of sp³-hybridized carbons (Fsp3) is 0.308. The van der Waals surface area contributed by atoms with Crippen molar-refractivity contribution in [1.82, 2.24) is 10.3 Å². The van der Waals surface area contributed by atoms with Gasteiger partial charge in [0.05, 0.1) is 5.69 Å². The maximum atomic E-state index is 4.58. The van der Waals surface area contributed by atoms with E-state index >= 15 is 0 Å². The van der Waals surface area contributed by atoms with Crippen LogP contribution in [0.1, 0.15) is 25.6 Å². The molecular formula is C13H16BrN3S.